The second-order valence-corrected chi connectivity index (χ2v) is 4.59. The first-order valence-electron chi connectivity index (χ1n) is 6.36. The number of nitrogens with zero attached hydrogens (tertiary/aromatic N) is 3. The summed E-state index contributed by atoms with van der Waals surface area (Å²) in [6, 6.07) is 4.18. The van der Waals surface area contributed by atoms with Crippen LogP contribution in [0.15, 0.2) is 29.0 Å². The van der Waals surface area contributed by atoms with Gasteiger partial charge in [0.25, 0.3) is 0 Å². The van der Waals surface area contributed by atoms with Crippen LogP contribution in [0.1, 0.15) is 42.6 Å². The molecule has 0 aliphatic carbocycles. The van der Waals surface area contributed by atoms with Gasteiger partial charge in [0, 0.05) is 12.4 Å². The van der Waals surface area contributed by atoms with Crippen molar-refractivity contribution >= 4 is 0 Å². The van der Waals surface area contributed by atoms with Crippen LogP contribution in [0.4, 0.5) is 0 Å². The van der Waals surface area contributed by atoms with E-state index >= 15 is 0 Å². The maximum absolute atomic E-state index is 5.29. The number of hydrogen-bond donors (Lipinski definition) is 1. The van der Waals surface area contributed by atoms with E-state index in [4.69, 9.17) is 4.52 Å². The van der Waals surface area contributed by atoms with Crippen molar-refractivity contribution in [3.63, 3.8) is 0 Å². The molecule has 1 aliphatic rings. The number of aromatic nitrogens is 3. The number of rotatable bonds is 3. The maximum Gasteiger partial charge on any atom is 0.231 e. The van der Waals surface area contributed by atoms with Gasteiger partial charge in [0.2, 0.25) is 5.89 Å². The van der Waals surface area contributed by atoms with Crippen molar-refractivity contribution in [1.29, 1.82) is 0 Å². The molecule has 1 N–H and O–H groups in total. The molecule has 0 amide bonds. The van der Waals surface area contributed by atoms with Gasteiger partial charge in [-0.05, 0) is 31.0 Å². The van der Waals surface area contributed by atoms with Crippen molar-refractivity contribution < 1.29 is 4.52 Å². The third-order valence-corrected chi connectivity index (χ3v) is 3.18. The summed E-state index contributed by atoms with van der Waals surface area (Å²) < 4.78 is 5.29. The molecular formula is C13H16N4O. The molecule has 0 bridgehead atoms. The molecule has 2 aromatic heterocycles. The fourth-order valence-corrected chi connectivity index (χ4v) is 2.23. The maximum atomic E-state index is 5.29. The lowest BCUT2D eigenvalue weighted by molar-refractivity contribution is 0.351. The van der Waals surface area contributed by atoms with Crippen molar-refractivity contribution in [3.05, 3.63) is 41.8 Å². The molecule has 3 heterocycles. The van der Waals surface area contributed by atoms with E-state index in [1.54, 1.807) is 6.20 Å². The monoisotopic (exact) mass is 244 g/mol. The number of nitrogens with one attached hydrogen (secondary N) is 1. The van der Waals surface area contributed by atoms with Gasteiger partial charge in [-0.25, -0.2) is 0 Å². The lowest BCUT2D eigenvalue weighted by atomic mass is 10.0. The standard InChI is InChI=1S/C13H16N4O/c1-2-7-15-11(5-1)13-16-12(18-17-13)8-10-4-3-6-14-9-10/h3-4,6,9,11,15H,1-2,5,7-8H2. The van der Waals surface area contributed by atoms with E-state index in [0.717, 1.165) is 24.4 Å². The van der Waals surface area contributed by atoms with E-state index in [1.165, 1.54) is 12.8 Å². The van der Waals surface area contributed by atoms with Crippen LogP contribution >= 0.6 is 0 Å². The summed E-state index contributed by atoms with van der Waals surface area (Å²) in [5.41, 5.74) is 1.09. The molecule has 0 saturated carbocycles. The Morgan fingerprint density at radius 1 is 1.39 bits per heavy atom. The normalized spacial score (nSPS) is 19.9. The topological polar surface area (TPSA) is 63.8 Å². The summed E-state index contributed by atoms with van der Waals surface area (Å²) in [6.07, 6.45) is 7.78. The predicted octanol–water partition coefficient (Wildman–Crippen LogP) is 1.87. The average Bonchev–Trinajstić information content (AvgIpc) is 2.89. The van der Waals surface area contributed by atoms with Crippen LogP contribution in [-0.2, 0) is 6.42 Å². The number of piperidine rings is 1. The number of hydrogen-bond acceptors (Lipinski definition) is 5. The Kier molecular flexibility index (Phi) is 3.32. The van der Waals surface area contributed by atoms with E-state index in [1.807, 2.05) is 18.3 Å². The van der Waals surface area contributed by atoms with E-state index in [-0.39, 0.29) is 6.04 Å². The molecule has 94 valence electrons. The van der Waals surface area contributed by atoms with Gasteiger partial charge < -0.3 is 9.84 Å². The Morgan fingerprint density at radius 3 is 3.17 bits per heavy atom. The zero-order valence-electron chi connectivity index (χ0n) is 10.2. The highest BCUT2D eigenvalue weighted by Crippen LogP contribution is 2.20. The molecule has 1 atom stereocenters. The first-order valence-corrected chi connectivity index (χ1v) is 6.36. The Bertz CT molecular complexity index is 491. The molecule has 0 aromatic carbocycles. The minimum Gasteiger partial charge on any atom is -0.339 e. The van der Waals surface area contributed by atoms with Crippen LogP contribution < -0.4 is 5.32 Å². The summed E-state index contributed by atoms with van der Waals surface area (Å²) in [7, 11) is 0. The highest BCUT2D eigenvalue weighted by molar-refractivity contribution is 5.13. The fourth-order valence-electron chi connectivity index (χ4n) is 2.23. The molecule has 2 aromatic rings. The van der Waals surface area contributed by atoms with Crippen LogP contribution in [0, 0.1) is 0 Å². The van der Waals surface area contributed by atoms with Crippen LogP contribution in [-0.4, -0.2) is 21.7 Å². The predicted molar refractivity (Wildman–Crippen MR) is 65.9 cm³/mol. The Balaban J connectivity index is 1.69. The highest BCUT2D eigenvalue weighted by Gasteiger charge is 2.20. The highest BCUT2D eigenvalue weighted by atomic mass is 16.5. The minimum absolute atomic E-state index is 0.255. The SMILES string of the molecule is c1cncc(Cc2nc(C3CCCCN3)no2)c1. The van der Waals surface area contributed by atoms with Crippen molar-refractivity contribution in [2.45, 2.75) is 31.7 Å². The van der Waals surface area contributed by atoms with Gasteiger partial charge in [-0.1, -0.05) is 17.6 Å². The van der Waals surface area contributed by atoms with Crippen LogP contribution in [0.3, 0.4) is 0 Å². The molecule has 1 unspecified atom stereocenters. The minimum atomic E-state index is 0.255. The summed E-state index contributed by atoms with van der Waals surface area (Å²) in [4.78, 5) is 8.54. The summed E-state index contributed by atoms with van der Waals surface area (Å²) in [5, 5.41) is 7.48. The molecule has 1 aliphatic heterocycles. The molecule has 5 heteroatoms. The van der Waals surface area contributed by atoms with Gasteiger partial charge in [0.15, 0.2) is 5.82 Å². The Morgan fingerprint density at radius 2 is 2.39 bits per heavy atom. The molecule has 0 radical (unpaired) electrons. The van der Waals surface area contributed by atoms with Gasteiger partial charge in [-0.2, -0.15) is 4.98 Å². The van der Waals surface area contributed by atoms with Gasteiger partial charge in [0.1, 0.15) is 0 Å². The van der Waals surface area contributed by atoms with Gasteiger partial charge in [-0.15, -0.1) is 0 Å². The second kappa shape index (κ2) is 5.27. The van der Waals surface area contributed by atoms with Crippen LogP contribution in [0.25, 0.3) is 0 Å². The molecule has 3 rings (SSSR count). The third kappa shape index (κ3) is 2.56. The quantitative estimate of drug-likeness (QED) is 0.893. The molecule has 5 nitrogen and oxygen atoms in total. The molecule has 0 spiro atoms. The second-order valence-electron chi connectivity index (χ2n) is 4.59. The largest absolute Gasteiger partial charge is 0.339 e. The molecule has 1 fully saturated rings. The lowest BCUT2D eigenvalue weighted by Crippen LogP contribution is -2.27. The van der Waals surface area contributed by atoms with Gasteiger partial charge >= 0.3 is 0 Å². The van der Waals surface area contributed by atoms with Crippen molar-refractivity contribution in [3.8, 4) is 0 Å². The van der Waals surface area contributed by atoms with E-state index in [9.17, 15) is 0 Å². The average molecular weight is 244 g/mol. The van der Waals surface area contributed by atoms with E-state index < -0.39 is 0 Å². The zero-order valence-corrected chi connectivity index (χ0v) is 10.2. The third-order valence-electron chi connectivity index (χ3n) is 3.18. The van der Waals surface area contributed by atoms with Crippen molar-refractivity contribution in [1.82, 2.24) is 20.4 Å². The van der Waals surface area contributed by atoms with Gasteiger partial charge in [-0.3, -0.25) is 4.98 Å². The van der Waals surface area contributed by atoms with Crippen LogP contribution in [0.5, 0.6) is 0 Å². The molecular weight excluding hydrogens is 228 g/mol. The summed E-state index contributed by atoms with van der Waals surface area (Å²) in [5.74, 6) is 1.44. The summed E-state index contributed by atoms with van der Waals surface area (Å²) >= 11 is 0. The fraction of sp³-hybridized carbons (Fsp3) is 0.462. The zero-order chi connectivity index (χ0) is 12.2. The summed E-state index contributed by atoms with van der Waals surface area (Å²) in [6.45, 7) is 1.04. The van der Waals surface area contributed by atoms with Crippen molar-refractivity contribution in [2.24, 2.45) is 0 Å². The van der Waals surface area contributed by atoms with Crippen LogP contribution in [0.2, 0.25) is 0 Å². The van der Waals surface area contributed by atoms with E-state index in [0.29, 0.717) is 12.3 Å². The first-order chi connectivity index (χ1) is 8.92. The Hall–Kier alpha value is -1.75. The van der Waals surface area contributed by atoms with Crippen molar-refractivity contribution in [2.75, 3.05) is 6.54 Å². The number of pyridine rings is 1. The van der Waals surface area contributed by atoms with E-state index in [2.05, 4.69) is 20.4 Å². The molecule has 18 heavy (non-hydrogen) atoms. The molecule has 1 saturated heterocycles. The smallest absolute Gasteiger partial charge is 0.231 e. The lowest BCUT2D eigenvalue weighted by Gasteiger charge is -2.19. The Labute approximate surface area is 106 Å². The first kappa shape index (κ1) is 11.3. The van der Waals surface area contributed by atoms with Gasteiger partial charge in [0.05, 0.1) is 12.5 Å².